The second-order valence-corrected chi connectivity index (χ2v) is 7.80. The van der Waals surface area contributed by atoms with Gasteiger partial charge in [-0.15, -0.1) is 0 Å². The van der Waals surface area contributed by atoms with Gasteiger partial charge in [0.25, 0.3) is 11.7 Å². The zero-order valence-electron chi connectivity index (χ0n) is 16.1. The molecule has 0 atom stereocenters. The summed E-state index contributed by atoms with van der Waals surface area (Å²) in [7, 11) is 0. The maximum atomic E-state index is 12.9. The van der Waals surface area contributed by atoms with Crippen LogP contribution in [0.1, 0.15) is 26.7 Å². The molecule has 1 amide bonds. The van der Waals surface area contributed by atoms with Crippen molar-refractivity contribution in [3.8, 4) is 16.9 Å². The zero-order valence-corrected chi connectivity index (χ0v) is 18.4. The molecular weight excluding hydrogens is 481 g/mol. The number of nitrogens with zero attached hydrogens (tertiary/aromatic N) is 4. The highest BCUT2D eigenvalue weighted by atomic mass is 35.5. The molecule has 0 bridgehead atoms. The van der Waals surface area contributed by atoms with Crippen LogP contribution in [0.15, 0.2) is 47.0 Å². The molecule has 2 heterocycles. The molecule has 2 N–H and O–H groups in total. The Balaban J connectivity index is 1.82. The summed E-state index contributed by atoms with van der Waals surface area (Å²) in [6.07, 6.45) is 0. The predicted octanol–water partition coefficient (Wildman–Crippen LogP) is 5.14. The molecule has 0 aliphatic carbocycles. The summed E-state index contributed by atoms with van der Waals surface area (Å²) in [4.78, 5) is 27.4. The highest BCUT2D eigenvalue weighted by molar-refractivity contribution is 6.35. The van der Waals surface area contributed by atoms with E-state index in [1.165, 1.54) is 4.68 Å². The van der Waals surface area contributed by atoms with E-state index in [0.717, 1.165) is 5.56 Å². The molecule has 162 valence electrons. The third-order valence-electron chi connectivity index (χ3n) is 4.43. The van der Waals surface area contributed by atoms with E-state index in [1.807, 2.05) is 0 Å². The maximum absolute atomic E-state index is 12.9. The van der Waals surface area contributed by atoms with Crippen molar-refractivity contribution in [3.05, 3.63) is 74.6 Å². The first-order chi connectivity index (χ1) is 15.2. The average Bonchev–Trinajstić information content (AvgIpc) is 3.34. The number of carbonyl (C=O) groups excluding carboxylic acids is 1. The monoisotopic (exact) mass is 491 g/mol. The van der Waals surface area contributed by atoms with Crippen LogP contribution in [0.25, 0.3) is 16.9 Å². The van der Waals surface area contributed by atoms with E-state index in [-0.39, 0.29) is 11.7 Å². The van der Waals surface area contributed by atoms with Crippen molar-refractivity contribution < 1.29 is 19.2 Å². The summed E-state index contributed by atoms with van der Waals surface area (Å²) in [6, 6.07) is 11.5. The van der Waals surface area contributed by atoms with E-state index in [2.05, 4.69) is 20.6 Å². The summed E-state index contributed by atoms with van der Waals surface area (Å²) < 4.78 is 6.27. The van der Waals surface area contributed by atoms with Crippen molar-refractivity contribution in [2.75, 3.05) is 5.32 Å². The molecule has 2 aromatic heterocycles. The number of benzene rings is 2. The van der Waals surface area contributed by atoms with Crippen LogP contribution in [0.2, 0.25) is 15.1 Å². The van der Waals surface area contributed by atoms with Gasteiger partial charge in [0.15, 0.2) is 5.69 Å². The molecule has 0 saturated carbocycles. The Morgan fingerprint density at radius 2 is 1.75 bits per heavy atom. The largest absolute Gasteiger partial charge is 0.475 e. The number of carboxylic acids is 1. The van der Waals surface area contributed by atoms with Gasteiger partial charge >= 0.3 is 12.0 Å². The van der Waals surface area contributed by atoms with Crippen LogP contribution in [-0.2, 0) is 0 Å². The lowest BCUT2D eigenvalue weighted by Crippen LogP contribution is -2.14. The first-order valence-corrected chi connectivity index (χ1v) is 10.1. The zero-order chi connectivity index (χ0) is 23.0. The fourth-order valence-corrected chi connectivity index (χ4v) is 3.62. The molecule has 4 aromatic rings. The minimum atomic E-state index is -1.39. The molecule has 0 spiro atoms. The summed E-state index contributed by atoms with van der Waals surface area (Å²) in [6.45, 7) is 1.71. The number of nitrogens with one attached hydrogen (secondary N) is 1. The van der Waals surface area contributed by atoms with E-state index in [9.17, 15) is 9.59 Å². The fourth-order valence-electron chi connectivity index (χ4n) is 3.00. The Hall–Kier alpha value is -3.40. The second kappa shape index (κ2) is 8.62. The van der Waals surface area contributed by atoms with Gasteiger partial charge in [-0.3, -0.25) is 10.1 Å². The third kappa shape index (κ3) is 4.18. The molecule has 0 radical (unpaired) electrons. The van der Waals surface area contributed by atoms with Crippen molar-refractivity contribution in [1.29, 1.82) is 0 Å². The summed E-state index contributed by atoms with van der Waals surface area (Å²) >= 11 is 18.4. The molecule has 2 aromatic carbocycles. The van der Waals surface area contributed by atoms with Gasteiger partial charge in [-0.1, -0.05) is 46.9 Å². The van der Waals surface area contributed by atoms with E-state index in [0.29, 0.717) is 32.0 Å². The van der Waals surface area contributed by atoms with E-state index < -0.39 is 17.7 Å². The average molecular weight is 493 g/mol. The Kier molecular flexibility index (Phi) is 5.88. The third-order valence-corrected chi connectivity index (χ3v) is 5.22. The van der Waals surface area contributed by atoms with Crippen molar-refractivity contribution in [2.24, 2.45) is 0 Å². The van der Waals surface area contributed by atoms with Crippen molar-refractivity contribution in [3.63, 3.8) is 0 Å². The van der Waals surface area contributed by atoms with Crippen LogP contribution in [0.5, 0.6) is 0 Å². The van der Waals surface area contributed by atoms with E-state index in [1.54, 1.807) is 49.4 Å². The molecule has 12 heteroatoms. The lowest BCUT2D eigenvalue weighted by atomic mass is 10.1. The number of hydrogen-bond acceptors (Lipinski definition) is 6. The van der Waals surface area contributed by atoms with Gasteiger partial charge in [0.2, 0.25) is 0 Å². The highest BCUT2D eigenvalue weighted by Gasteiger charge is 2.25. The Labute approximate surface area is 195 Å². The molecule has 0 saturated heterocycles. The SMILES string of the molecule is Cc1c(C(=O)Nc2nc(C(=O)O)no2)nn(-c2ccc(Cl)cc2Cl)c1-c1ccc(Cl)cc1. The number of aromatic nitrogens is 4. The molecule has 0 aliphatic rings. The summed E-state index contributed by atoms with van der Waals surface area (Å²) in [5.41, 5.74) is 2.38. The van der Waals surface area contributed by atoms with Crippen molar-refractivity contribution >= 4 is 52.7 Å². The fraction of sp³-hybridized carbons (Fsp3) is 0.0500. The molecule has 9 nitrogen and oxygen atoms in total. The van der Waals surface area contributed by atoms with Gasteiger partial charge < -0.3 is 9.63 Å². The second-order valence-electron chi connectivity index (χ2n) is 6.52. The molecule has 4 rings (SSSR count). The Morgan fingerprint density at radius 3 is 2.38 bits per heavy atom. The Morgan fingerprint density at radius 1 is 1.06 bits per heavy atom. The van der Waals surface area contributed by atoms with Crippen LogP contribution in [0.4, 0.5) is 6.01 Å². The number of halogens is 3. The van der Waals surface area contributed by atoms with Gasteiger partial charge in [0.1, 0.15) is 0 Å². The van der Waals surface area contributed by atoms with Crippen LogP contribution in [0, 0.1) is 6.92 Å². The van der Waals surface area contributed by atoms with Gasteiger partial charge in [-0.2, -0.15) is 10.1 Å². The first kappa shape index (κ1) is 21.8. The van der Waals surface area contributed by atoms with Crippen LogP contribution >= 0.6 is 34.8 Å². The number of aromatic carboxylic acids is 1. The van der Waals surface area contributed by atoms with E-state index >= 15 is 0 Å². The minimum Gasteiger partial charge on any atom is -0.475 e. The normalized spacial score (nSPS) is 10.9. The lowest BCUT2D eigenvalue weighted by molar-refractivity contribution is 0.0680. The summed E-state index contributed by atoms with van der Waals surface area (Å²) in [5.74, 6) is -2.66. The number of carboxylic acid groups (broad SMARTS) is 1. The maximum Gasteiger partial charge on any atom is 0.377 e. The number of amides is 1. The minimum absolute atomic E-state index is 0.0380. The quantitative estimate of drug-likeness (QED) is 0.395. The number of rotatable bonds is 5. The molecule has 32 heavy (non-hydrogen) atoms. The van der Waals surface area contributed by atoms with Gasteiger partial charge in [-0.05, 0) is 42.4 Å². The standard InChI is InChI=1S/C20H12Cl3N5O4/c1-9-15(18(29)25-20-24-17(19(30)31)27-32-20)26-28(14-7-6-12(22)8-13(14)23)16(9)10-2-4-11(21)5-3-10/h2-8H,1H3,(H,30,31)(H,24,25,27,29). The van der Waals surface area contributed by atoms with Gasteiger partial charge in [0, 0.05) is 21.2 Å². The first-order valence-electron chi connectivity index (χ1n) is 8.94. The molecule has 0 unspecified atom stereocenters. The van der Waals surface area contributed by atoms with Crippen molar-refractivity contribution in [1.82, 2.24) is 19.9 Å². The Bertz CT molecular complexity index is 1350. The highest BCUT2D eigenvalue weighted by Crippen LogP contribution is 2.33. The van der Waals surface area contributed by atoms with Gasteiger partial charge in [-0.25, -0.2) is 9.48 Å². The predicted molar refractivity (Wildman–Crippen MR) is 118 cm³/mol. The lowest BCUT2D eigenvalue weighted by Gasteiger charge is -2.11. The van der Waals surface area contributed by atoms with Gasteiger partial charge in [0.05, 0.1) is 16.4 Å². The number of hydrogen-bond donors (Lipinski definition) is 2. The number of anilines is 1. The number of carbonyl (C=O) groups is 2. The van der Waals surface area contributed by atoms with Crippen LogP contribution in [-0.4, -0.2) is 36.9 Å². The van der Waals surface area contributed by atoms with Crippen molar-refractivity contribution in [2.45, 2.75) is 6.92 Å². The smallest absolute Gasteiger partial charge is 0.377 e. The molecular formula is C20H12Cl3N5O4. The topological polar surface area (TPSA) is 123 Å². The molecule has 0 fully saturated rings. The van der Waals surface area contributed by atoms with E-state index in [4.69, 9.17) is 44.4 Å². The summed E-state index contributed by atoms with van der Waals surface area (Å²) in [5, 5.41) is 20.3. The van der Waals surface area contributed by atoms with Crippen LogP contribution < -0.4 is 5.32 Å². The van der Waals surface area contributed by atoms with Crippen LogP contribution in [0.3, 0.4) is 0 Å². The molecule has 0 aliphatic heterocycles.